The average molecular weight is 385 g/mol. The predicted octanol–water partition coefficient (Wildman–Crippen LogP) is 0.610. The van der Waals surface area contributed by atoms with E-state index in [-0.39, 0.29) is 17.7 Å². The quantitative estimate of drug-likeness (QED) is 0.743. The zero-order valence-corrected chi connectivity index (χ0v) is 16.1. The van der Waals surface area contributed by atoms with Gasteiger partial charge in [-0.25, -0.2) is 13.4 Å². The van der Waals surface area contributed by atoms with E-state index in [4.69, 9.17) is 4.74 Å². The molecule has 2 heterocycles. The van der Waals surface area contributed by atoms with E-state index in [1.54, 1.807) is 19.6 Å². The molecular formula is C17H28N4O4S. The van der Waals surface area contributed by atoms with Gasteiger partial charge in [0.05, 0.1) is 24.1 Å². The van der Waals surface area contributed by atoms with Gasteiger partial charge in [0.25, 0.3) is 0 Å². The maximum atomic E-state index is 13.1. The van der Waals surface area contributed by atoms with E-state index in [0.717, 1.165) is 25.7 Å². The average Bonchev–Trinajstić information content (AvgIpc) is 3.14. The number of hydrogen-bond acceptors (Lipinski definition) is 5. The zero-order chi connectivity index (χ0) is 18.6. The van der Waals surface area contributed by atoms with E-state index in [1.165, 1.54) is 4.31 Å². The first kappa shape index (κ1) is 19.3. The normalized spacial score (nSPS) is 28.4. The molecule has 2 atom stereocenters. The Labute approximate surface area is 155 Å². The first-order valence-corrected chi connectivity index (χ1v) is 10.8. The third kappa shape index (κ3) is 3.79. The lowest BCUT2D eigenvalue weighted by Gasteiger charge is -2.50. The number of fused-ring (bicyclic) bond motifs is 1. The van der Waals surface area contributed by atoms with Crippen LogP contribution in [-0.2, 0) is 26.1 Å². The van der Waals surface area contributed by atoms with Gasteiger partial charge in [0.2, 0.25) is 15.9 Å². The smallest absolute Gasteiger partial charge is 0.227 e. The van der Waals surface area contributed by atoms with E-state index in [0.29, 0.717) is 32.7 Å². The summed E-state index contributed by atoms with van der Waals surface area (Å²) in [5.74, 6) is 0.0157. The number of rotatable bonds is 7. The Hall–Kier alpha value is -1.45. The summed E-state index contributed by atoms with van der Waals surface area (Å²) in [6.45, 7) is 1.81. The summed E-state index contributed by atoms with van der Waals surface area (Å²) < 4.78 is 33.8. The fraction of sp³-hybridized carbons (Fsp3) is 0.765. The molecule has 3 rings (SSSR count). The largest absolute Gasteiger partial charge is 0.383 e. The Morgan fingerprint density at radius 2 is 2.19 bits per heavy atom. The van der Waals surface area contributed by atoms with Gasteiger partial charge in [0.1, 0.15) is 0 Å². The third-order valence-corrected chi connectivity index (χ3v) is 7.55. The number of amides is 1. The number of sulfonamides is 1. The van der Waals surface area contributed by atoms with Crippen LogP contribution in [0.3, 0.4) is 0 Å². The molecule has 0 unspecified atom stereocenters. The van der Waals surface area contributed by atoms with Gasteiger partial charge in [-0.05, 0) is 19.3 Å². The molecule has 26 heavy (non-hydrogen) atoms. The van der Waals surface area contributed by atoms with Crippen molar-refractivity contribution >= 4 is 15.9 Å². The van der Waals surface area contributed by atoms with Gasteiger partial charge in [0, 0.05) is 45.2 Å². The maximum Gasteiger partial charge on any atom is 0.227 e. The van der Waals surface area contributed by atoms with E-state index in [9.17, 15) is 13.2 Å². The van der Waals surface area contributed by atoms with Crippen LogP contribution in [0.1, 0.15) is 32.1 Å². The Kier molecular flexibility index (Phi) is 5.99. The summed E-state index contributed by atoms with van der Waals surface area (Å²) in [4.78, 5) is 17.1. The van der Waals surface area contributed by atoms with Gasteiger partial charge in [0.15, 0.2) is 0 Å². The van der Waals surface area contributed by atoms with Crippen molar-refractivity contribution < 1.29 is 17.9 Å². The molecule has 0 aromatic carbocycles. The molecule has 1 saturated heterocycles. The summed E-state index contributed by atoms with van der Waals surface area (Å²) >= 11 is 0. The zero-order valence-electron chi connectivity index (χ0n) is 15.3. The Bertz CT molecular complexity index is 706. The topological polar surface area (TPSA) is 93.5 Å². The van der Waals surface area contributed by atoms with Crippen molar-refractivity contribution in [3.8, 4) is 0 Å². The highest BCUT2D eigenvalue weighted by Gasteiger charge is 2.55. The highest BCUT2D eigenvalue weighted by atomic mass is 32.2. The van der Waals surface area contributed by atoms with Gasteiger partial charge in [-0.3, -0.25) is 4.79 Å². The van der Waals surface area contributed by atoms with Crippen molar-refractivity contribution in [2.75, 3.05) is 32.6 Å². The molecule has 2 aliphatic rings. The third-order valence-electron chi connectivity index (χ3n) is 5.68. The summed E-state index contributed by atoms with van der Waals surface area (Å²) in [6, 6.07) is -0.265. The first-order chi connectivity index (χ1) is 12.5. The number of ether oxygens (including phenoxy) is 1. The molecule has 9 heteroatoms. The molecule has 0 radical (unpaired) electrons. The molecule has 1 aliphatic carbocycles. The van der Waals surface area contributed by atoms with Crippen LogP contribution in [0.25, 0.3) is 0 Å². The minimum absolute atomic E-state index is 0.0142. The van der Waals surface area contributed by atoms with Crippen LogP contribution in [0.2, 0.25) is 0 Å². The Balaban J connectivity index is 1.74. The van der Waals surface area contributed by atoms with Crippen molar-refractivity contribution in [1.29, 1.82) is 0 Å². The highest BCUT2D eigenvalue weighted by molar-refractivity contribution is 7.89. The molecule has 1 aromatic rings. The number of imidazole rings is 1. The second-order valence-corrected chi connectivity index (χ2v) is 9.18. The van der Waals surface area contributed by atoms with Gasteiger partial charge >= 0.3 is 0 Å². The van der Waals surface area contributed by atoms with E-state index in [1.807, 2.05) is 10.8 Å². The Morgan fingerprint density at radius 1 is 1.35 bits per heavy atom. The second kappa shape index (κ2) is 8.06. The lowest BCUT2D eigenvalue weighted by atomic mass is 9.67. The van der Waals surface area contributed by atoms with Crippen LogP contribution >= 0.6 is 0 Å². The minimum Gasteiger partial charge on any atom is -0.383 e. The number of nitrogens with zero attached hydrogens (tertiary/aromatic N) is 3. The molecule has 0 bridgehead atoms. The van der Waals surface area contributed by atoms with Crippen molar-refractivity contribution in [3.05, 3.63) is 18.7 Å². The summed E-state index contributed by atoms with van der Waals surface area (Å²) in [5.41, 5.74) is -0.619. The van der Waals surface area contributed by atoms with Crippen molar-refractivity contribution in [3.63, 3.8) is 0 Å². The summed E-state index contributed by atoms with van der Waals surface area (Å²) in [5, 5.41) is 3.04. The van der Waals surface area contributed by atoms with Gasteiger partial charge in [-0.2, -0.15) is 4.31 Å². The summed E-state index contributed by atoms with van der Waals surface area (Å²) in [7, 11) is -1.77. The molecule has 2 fully saturated rings. The van der Waals surface area contributed by atoms with Gasteiger partial charge in [-0.15, -0.1) is 0 Å². The van der Waals surface area contributed by atoms with E-state index in [2.05, 4.69) is 10.3 Å². The molecule has 8 nitrogen and oxygen atoms in total. The first-order valence-electron chi connectivity index (χ1n) is 9.22. The fourth-order valence-electron chi connectivity index (χ4n) is 4.30. The van der Waals surface area contributed by atoms with Crippen LogP contribution in [0.5, 0.6) is 0 Å². The molecule has 1 aromatic heterocycles. The van der Waals surface area contributed by atoms with Crippen LogP contribution in [0, 0.1) is 5.41 Å². The number of hydrogen-bond donors (Lipinski definition) is 1. The molecule has 1 amide bonds. The molecule has 1 aliphatic heterocycles. The van der Waals surface area contributed by atoms with Crippen LogP contribution in [0.15, 0.2) is 18.7 Å². The van der Waals surface area contributed by atoms with E-state index < -0.39 is 15.4 Å². The number of aromatic nitrogens is 2. The fourth-order valence-corrected chi connectivity index (χ4v) is 6.21. The van der Waals surface area contributed by atoms with Gasteiger partial charge < -0.3 is 14.6 Å². The van der Waals surface area contributed by atoms with E-state index >= 15 is 0 Å². The Morgan fingerprint density at radius 3 is 2.92 bits per heavy atom. The molecule has 0 spiro atoms. The minimum atomic E-state index is -3.33. The lowest BCUT2D eigenvalue weighted by Crippen LogP contribution is -2.63. The SMILES string of the molecule is COCCN1[C@@H]2CCCC[C@@]2(C(=O)NCCn2ccnc2)CCS1(=O)=O. The molecule has 1 saturated carbocycles. The lowest BCUT2D eigenvalue weighted by molar-refractivity contribution is -0.137. The molecular weight excluding hydrogens is 356 g/mol. The number of methoxy groups -OCH3 is 1. The highest BCUT2D eigenvalue weighted by Crippen LogP contribution is 2.46. The summed E-state index contributed by atoms with van der Waals surface area (Å²) in [6.07, 6.45) is 9.07. The predicted molar refractivity (Wildman–Crippen MR) is 96.9 cm³/mol. The van der Waals surface area contributed by atoms with Crippen LogP contribution in [0.4, 0.5) is 0 Å². The van der Waals surface area contributed by atoms with Crippen LogP contribution in [-0.4, -0.2) is 66.8 Å². The number of carbonyl (C=O) groups excluding carboxylic acids is 1. The molecule has 146 valence electrons. The van der Waals surface area contributed by atoms with Crippen molar-refractivity contribution in [2.24, 2.45) is 5.41 Å². The van der Waals surface area contributed by atoms with Crippen molar-refractivity contribution in [2.45, 2.75) is 44.7 Å². The van der Waals surface area contributed by atoms with Gasteiger partial charge in [-0.1, -0.05) is 12.8 Å². The number of carbonyl (C=O) groups is 1. The second-order valence-electron chi connectivity index (χ2n) is 7.14. The maximum absolute atomic E-state index is 13.1. The van der Waals surface area contributed by atoms with Crippen molar-refractivity contribution in [1.82, 2.24) is 19.2 Å². The number of nitrogens with one attached hydrogen (secondary N) is 1. The van der Waals surface area contributed by atoms with Crippen LogP contribution < -0.4 is 5.32 Å². The standard InChI is InChI=1S/C17H28N4O4S/c1-25-12-11-21-15-4-2-3-5-17(15,6-13-26(21,23)24)16(22)19-8-10-20-9-7-18-14-20/h7,9,14-15H,2-6,8,10-13H2,1H3,(H,19,22)/t15-,17-/m1/s1. The monoisotopic (exact) mass is 384 g/mol. The molecule has 1 N–H and O–H groups in total.